The van der Waals surface area contributed by atoms with Crippen LogP contribution in [0.25, 0.3) is 0 Å². The quantitative estimate of drug-likeness (QED) is 0.371. The molecule has 35 heavy (non-hydrogen) atoms. The summed E-state index contributed by atoms with van der Waals surface area (Å²) >= 11 is 1.13. The molecular weight excluding hydrogens is 484 g/mol. The van der Waals surface area contributed by atoms with Gasteiger partial charge in [0.25, 0.3) is 0 Å². The van der Waals surface area contributed by atoms with E-state index in [1.54, 1.807) is 24.3 Å². The Bertz CT molecular complexity index is 1120. The summed E-state index contributed by atoms with van der Waals surface area (Å²) < 4.78 is 5.42. The smallest absolute Gasteiger partial charge is 0.338 e. The second-order valence-electron chi connectivity index (χ2n) is 7.86. The number of benzene rings is 3. The zero-order valence-electron chi connectivity index (χ0n) is 19.4. The molecule has 6 nitrogen and oxygen atoms in total. The molecule has 184 valence electrons. The SMILES string of the molecule is CC(=O)SCC(Cc1ccccc1)C(=O)Nc1cccc(C(=O)OCc2ccc(CN)cc2)c1.Cl. The molecule has 0 saturated carbocycles. The number of amides is 1. The van der Waals surface area contributed by atoms with Crippen LogP contribution in [0.2, 0.25) is 0 Å². The molecule has 0 spiro atoms. The normalized spacial score (nSPS) is 11.1. The molecule has 0 fully saturated rings. The Kier molecular flexibility index (Phi) is 11.5. The Morgan fingerprint density at radius 1 is 0.914 bits per heavy atom. The van der Waals surface area contributed by atoms with E-state index in [-0.39, 0.29) is 30.0 Å². The maximum absolute atomic E-state index is 13.0. The molecule has 0 aliphatic heterocycles. The van der Waals surface area contributed by atoms with E-state index in [1.165, 1.54) is 6.92 Å². The van der Waals surface area contributed by atoms with Gasteiger partial charge in [0.05, 0.1) is 11.5 Å². The minimum Gasteiger partial charge on any atom is -0.457 e. The van der Waals surface area contributed by atoms with Crippen molar-refractivity contribution < 1.29 is 19.1 Å². The number of esters is 1. The number of nitrogens with two attached hydrogens (primary N) is 1. The zero-order chi connectivity index (χ0) is 24.3. The summed E-state index contributed by atoms with van der Waals surface area (Å²) in [5.41, 5.74) is 9.33. The summed E-state index contributed by atoms with van der Waals surface area (Å²) in [5.74, 6) is -0.709. The Hall–Kier alpha value is -3.13. The summed E-state index contributed by atoms with van der Waals surface area (Å²) in [6, 6.07) is 23.9. The third kappa shape index (κ3) is 9.20. The van der Waals surface area contributed by atoms with Crippen LogP contribution in [0.1, 0.15) is 34.0 Å². The first-order chi connectivity index (χ1) is 16.4. The number of thioether (sulfide) groups is 1. The van der Waals surface area contributed by atoms with E-state index in [2.05, 4.69) is 5.32 Å². The van der Waals surface area contributed by atoms with Crippen molar-refractivity contribution in [3.05, 3.63) is 101 Å². The first-order valence-corrected chi connectivity index (χ1v) is 12.0. The van der Waals surface area contributed by atoms with Crippen molar-refractivity contribution in [1.82, 2.24) is 0 Å². The van der Waals surface area contributed by atoms with Crippen LogP contribution >= 0.6 is 24.2 Å². The highest BCUT2D eigenvalue weighted by Gasteiger charge is 2.21. The highest BCUT2D eigenvalue weighted by molar-refractivity contribution is 8.13. The van der Waals surface area contributed by atoms with E-state index in [0.29, 0.717) is 30.0 Å². The molecule has 0 heterocycles. The lowest BCUT2D eigenvalue weighted by molar-refractivity contribution is -0.119. The number of carbonyl (C=O) groups excluding carboxylic acids is 3. The second kappa shape index (κ2) is 14.3. The fourth-order valence-electron chi connectivity index (χ4n) is 3.32. The number of halogens is 1. The maximum Gasteiger partial charge on any atom is 0.338 e. The summed E-state index contributed by atoms with van der Waals surface area (Å²) in [5, 5.41) is 2.85. The van der Waals surface area contributed by atoms with E-state index in [1.807, 2.05) is 54.6 Å². The Labute approximate surface area is 216 Å². The fraction of sp³-hybridized carbons (Fsp3) is 0.222. The number of hydrogen-bond donors (Lipinski definition) is 2. The van der Waals surface area contributed by atoms with Crippen LogP contribution < -0.4 is 11.1 Å². The monoisotopic (exact) mass is 512 g/mol. The molecule has 0 aliphatic rings. The van der Waals surface area contributed by atoms with Gasteiger partial charge in [-0.15, -0.1) is 12.4 Å². The lowest BCUT2D eigenvalue weighted by Gasteiger charge is -2.16. The van der Waals surface area contributed by atoms with Crippen molar-refractivity contribution in [1.29, 1.82) is 0 Å². The molecule has 0 bridgehead atoms. The highest BCUT2D eigenvalue weighted by Crippen LogP contribution is 2.19. The molecule has 0 saturated heterocycles. The number of hydrogen-bond acceptors (Lipinski definition) is 6. The van der Waals surface area contributed by atoms with Gasteiger partial charge in [-0.25, -0.2) is 4.79 Å². The van der Waals surface area contributed by atoms with Crippen molar-refractivity contribution in [2.75, 3.05) is 11.1 Å². The number of nitrogens with one attached hydrogen (secondary N) is 1. The van der Waals surface area contributed by atoms with Crippen molar-refractivity contribution in [2.45, 2.75) is 26.5 Å². The average Bonchev–Trinajstić information content (AvgIpc) is 2.86. The van der Waals surface area contributed by atoms with Crippen LogP contribution in [0.3, 0.4) is 0 Å². The predicted octanol–water partition coefficient (Wildman–Crippen LogP) is 5.00. The van der Waals surface area contributed by atoms with Crippen molar-refractivity contribution in [3.63, 3.8) is 0 Å². The van der Waals surface area contributed by atoms with Gasteiger partial charge in [-0.1, -0.05) is 72.4 Å². The summed E-state index contributed by atoms with van der Waals surface area (Å²) in [6.45, 7) is 2.09. The van der Waals surface area contributed by atoms with E-state index in [0.717, 1.165) is 28.5 Å². The molecule has 0 aromatic heterocycles. The minimum absolute atomic E-state index is 0. The second-order valence-corrected chi connectivity index (χ2v) is 9.05. The van der Waals surface area contributed by atoms with Gasteiger partial charge in [-0.2, -0.15) is 0 Å². The van der Waals surface area contributed by atoms with E-state index in [4.69, 9.17) is 10.5 Å². The van der Waals surface area contributed by atoms with Gasteiger partial charge in [0.1, 0.15) is 6.61 Å². The van der Waals surface area contributed by atoms with Gasteiger partial charge in [-0.3, -0.25) is 9.59 Å². The molecule has 3 rings (SSSR count). The molecule has 3 aromatic carbocycles. The van der Waals surface area contributed by atoms with Crippen LogP contribution in [-0.4, -0.2) is 22.7 Å². The topological polar surface area (TPSA) is 98.5 Å². The Balaban J connectivity index is 0.00000432. The van der Waals surface area contributed by atoms with Gasteiger partial charge in [0, 0.05) is 24.9 Å². The molecule has 1 atom stereocenters. The van der Waals surface area contributed by atoms with E-state index >= 15 is 0 Å². The van der Waals surface area contributed by atoms with Gasteiger partial charge in [0.15, 0.2) is 5.12 Å². The molecular formula is C27H29ClN2O4S. The molecule has 3 N–H and O–H groups in total. The molecule has 1 unspecified atom stereocenters. The predicted molar refractivity (Wildman–Crippen MR) is 143 cm³/mol. The van der Waals surface area contributed by atoms with Crippen molar-refractivity contribution >= 4 is 46.8 Å². The highest BCUT2D eigenvalue weighted by atomic mass is 35.5. The Morgan fingerprint density at radius 2 is 1.60 bits per heavy atom. The molecule has 0 radical (unpaired) electrons. The van der Waals surface area contributed by atoms with E-state index < -0.39 is 11.9 Å². The van der Waals surface area contributed by atoms with Gasteiger partial charge in [-0.05, 0) is 41.3 Å². The van der Waals surface area contributed by atoms with E-state index in [9.17, 15) is 14.4 Å². The van der Waals surface area contributed by atoms with Gasteiger partial charge < -0.3 is 15.8 Å². The molecule has 8 heteroatoms. The molecule has 0 aliphatic carbocycles. The third-order valence-corrected chi connectivity index (χ3v) is 6.15. The number of rotatable bonds is 10. The fourth-order valence-corrected chi connectivity index (χ4v) is 4.02. The average molecular weight is 513 g/mol. The number of ether oxygens (including phenoxy) is 1. The maximum atomic E-state index is 13.0. The van der Waals surface area contributed by atoms with Crippen LogP contribution in [0, 0.1) is 5.92 Å². The van der Waals surface area contributed by atoms with Crippen molar-refractivity contribution in [3.8, 4) is 0 Å². The number of anilines is 1. The summed E-state index contributed by atoms with van der Waals surface area (Å²) in [7, 11) is 0. The standard InChI is InChI=1S/C27H28N2O4S.ClH/c1-19(30)34-18-24(14-20-6-3-2-4-7-20)26(31)29-25-9-5-8-23(15-25)27(32)33-17-22-12-10-21(16-28)11-13-22;/h2-13,15,24H,14,16-18,28H2,1H3,(H,29,31);1H. The minimum atomic E-state index is -0.480. The van der Waals surface area contributed by atoms with Crippen LogP contribution in [0.4, 0.5) is 5.69 Å². The Morgan fingerprint density at radius 3 is 2.26 bits per heavy atom. The third-order valence-electron chi connectivity index (χ3n) is 5.18. The van der Waals surface area contributed by atoms with Gasteiger partial charge >= 0.3 is 5.97 Å². The first-order valence-electron chi connectivity index (χ1n) is 11.0. The van der Waals surface area contributed by atoms with Crippen LogP contribution in [0.5, 0.6) is 0 Å². The van der Waals surface area contributed by atoms with Crippen LogP contribution in [0.15, 0.2) is 78.9 Å². The molecule has 1 amide bonds. The first kappa shape index (κ1) is 28.1. The van der Waals surface area contributed by atoms with Gasteiger partial charge in [0.2, 0.25) is 5.91 Å². The summed E-state index contributed by atoms with van der Waals surface area (Å²) in [6.07, 6.45) is 0.512. The van der Waals surface area contributed by atoms with Crippen LogP contribution in [-0.2, 0) is 33.9 Å². The largest absolute Gasteiger partial charge is 0.457 e. The molecule has 3 aromatic rings. The number of carbonyl (C=O) groups is 3. The lowest BCUT2D eigenvalue weighted by Crippen LogP contribution is -2.27. The summed E-state index contributed by atoms with van der Waals surface area (Å²) in [4.78, 5) is 37.0. The van der Waals surface area contributed by atoms with Crippen molar-refractivity contribution in [2.24, 2.45) is 11.7 Å². The lowest BCUT2D eigenvalue weighted by atomic mass is 10.00. The zero-order valence-corrected chi connectivity index (χ0v) is 21.1.